The normalized spacial score (nSPS) is 10.2. The highest BCUT2D eigenvalue weighted by atomic mass is 16.6. The zero-order chi connectivity index (χ0) is 16.8. The third-order valence-corrected chi connectivity index (χ3v) is 3.08. The summed E-state index contributed by atoms with van der Waals surface area (Å²) < 4.78 is 15.4. The van der Waals surface area contributed by atoms with Crippen molar-refractivity contribution in [2.24, 2.45) is 0 Å². The summed E-state index contributed by atoms with van der Waals surface area (Å²) in [4.78, 5) is 23.3. The van der Waals surface area contributed by atoms with Gasteiger partial charge in [-0.2, -0.15) is 0 Å². The number of furan rings is 1. The summed E-state index contributed by atoms with van der Waals surface area (Å²) in [6.45, 7) is 0.580. The Kier molecular flexibility index (Phi) is 5.19. The first kappa shape index (κ1) is 16.3. The Hall–Kier alpha value is -3.03. The summed E-state index contributed by atoms with van der Waals surface area (Å²) in [6, 6.07) is 9.49. The summed E-state index contributed by atoms with van der Waals surface area (Å²) in [7, 11) is 3.14. The summed E-state index contributed by atoms with van der Waals surface area (Å²) in [5.74, 6) is 0.389. The second-order valence-electron chi connectivity index (χ2n) is 4.65. The smallest absolute Gasteiger partial charge is 0.433 e. The molecule has 0 N–H and O–H groups in total. The quantitative estimate of drug-likeness (QED) is 0.574. The number of rotatable bonds is 7. The van der Waals surface area contributed by atoms with Crippen molar-refractivity contribution in [2.45, 2.75) is 0 Å². The van der Waals surface area contributed by atoms with Crippen LogP contribution in [-0.2, 0) is 0 Å². The molecule has 0 aliphatic carbocycles. The van der Waals surface area contributed by atoms with E-state index < -0.39 is 16.7 Å². The van der Waals surface area contributed by atoms with E-state index in [1.165, 1.54) is 11.0 Å². The highest BCUT2D eigenvalue weighted by Crippen LogP contribution is 2.18. The Morgan fingerprint density at radius 2 is 1.87 bits per heavy atom. The van der Waals surface area contributed by atoms with Crippen molar-refractivity contribution in [3.63, 3.8) is 0 Å². The van der Waals surface area contributed by atoms with Gasteiger partial charge >= 0.3 is 5.88 Å². The molecule has 1 heterocycles. The number of nitrogens with zero attached hydrogens (tertiary/aromatic N) is 2. The molecule has 23 heavy (non-hydrogen) atoms. The predicted octanol–water partition coefficient (Wildman–Crippen LogP) is 2.35. The van der Waals surface area contributed by atoms with Crippen molar-refractivity contribution in [2.75, 3.05) is 27.3 Å². The van der Waals surface area contributed by atoms with E-state index in [0.29, 0.717) is 12.3 Å². The maximum atomic E-state index is 12.0. The molecule has 1 aromatic carbocycles. The van der Waals surface area contributed by atoms with Crippen molar-refractivity contribution in [3.05, 3.63) is 52.3 Å². The molecule has 0 aliphatic rings. The molecule has 0 unspecified atom stereocenters. The minimum atomic E-state index is -0.691. The van der Waals surface area contributed by atoms with Crippen molar-refractivity contribution in [3.8, 4) is 11.5 Å². The lowest BCUT2D eigenvalue weighted by molar-refractivity contribution is -0.402. The molecule has 8 nitrogen and oxygen atoms in total. The van der Waals surface area contributed by atoms with Crippen molar-refractivity contribution in [1.29, 1.82) is 0 Å². The summed E-state index contributed by atoms with van der Waals surface area (Å²) in [5, 5.41) is 10.5. The van der Waals surface area contributed by atoms with Gasteiger partial charge in [0.2, 0.25) is 0 Å². The Morgan fingerprint density at radius 3 is 2.43 bits per heavy atom. The average molecular weight is 320 g/mol. The van der Waals surface area contributed by atoms with Crippen LogP contribution in [-0.4, -0.2) is 43.0 Å². The first-order valence-electron chi connectivity index (χ1n) is 6.78. The first-order chi connectivity index (χ1) is 11.0. The average Bonchev–Trinajstić information content (AvgIpc) is 3.05. The van der Waals surface area contributed by atoms with E-state index in [4.69, 9.17) is 13.9 Å². The molecule has 0 saturated heterocycles. The number of methoxy groups -OCH3 is 1. The van der Waals surface area contributed by atoms with Crippen molar-refractivity contribution in [1.82, 2.24) is 4.90 Å². The van der Waals surface area contributed by atoms with Crippen molar-refractivity contribution < 1.29 is 23.6 Å². The van der Waals surface area contributed by atoms with E-state index in [-0.39, 0.29) is 12.4 Å². The molecule has 1 aromatic heterocycles. The minimum Gasteiger partial charge on any atom is -0.497 e. The third-order valence-electron chi connectivity index (χ3n) is 3.08. The highest BCUT2D eigenvalue weighted by Gasteiger charge is 2.20. The zero-order valence-electron chi connectivity index (χ0n) is 12.7. The van der Waals surface area contributed by atoms with Crippen LogP contribution in [0.5, 0.6) is 11.5 Å². The van der Waals surface area contributed by atoms with Gasteiger partial charge in [0.15, 0.2) is 5.76 Å². The Morgan fingerprint density at radius 1 is 1.22 bits per heavy atom. The minimum absolute atomic E-state index is 0.0800. The van der Waals surface area contributed by atoms with E-state index in [2.05, 4.69) is 0 Å². The Bertz CT molecular complexity index is 680. The standard InChI is InChI=1S/C15H16N2O6/c1-16(15(18)13-7-8-14(23-13)17(19)20)9-10-22-12-5-3-11(21-2)4-6-12/h3-8H,9-10H2,1-2H3. The molecule has 0 radical (unpaired) electrons. The fourth-order valence-electron chi connectivity index (χ4n) is 1.80. The molecule has 2 aromatic rings. The second kappa shape index (κ2) is 7.30. The number of ether oxygens (including phenoxy) is 2. The van der Waals surface area contributed by atoms with E-state index in [1.807, 2.05) is 0 Å². The van der Waals surface area contributed by atoms with Crippen molar-refractivity contribution >= 4 is 11.8 Å². The van der Waals surface area contributed by atoms with E-state index in [0.717, 1.165) is 11.8 Å². The van der Waals surface area contributed by atoms with Gasteiger partial charge in [0.25, 0.3) is 5.91 Å². The number of carbonyl (C=O) groups excluding carboxylic acids is 1. The van der Waals surface area contributed by atoms with Gasteiger partial charge in [-0.3, -0.25) is 14.9 Å². The molecule has 0 spiro atoms. The second-order valence-corrected chi connectivity index (χ2v) is 4.65. The Balaban J connectivity index is 1.84. The van der Waals surface area contributed by atoms with Crippen LogP contribution in [0.1, 0.15) is 10.6 Å². The van der Waals surface area contributed by atoms with Gasteiger partial charge in [0, 0.05) is 7.05 Å². The third kappa shape index (κ3) is 4.22. The topological polar surface area (TPSA) is 95.0 Å². The molecular weight excluding hydrogens is 304 g/mol. The summed E-state index contributed by atoms with van der Waals surface area (Å²) in [6.07, 6.45) is 0. The van der Waals surface area contributed by atoms with Crippen LogP contribution in [0.25, 0.3) is 0 Å². The van der Waals surface area contributed by atoms with Crippen LogP contribution < -0.4 is 9.47 Å². The number of likely N-dealkylation sites (N-methyl/N-ethyl adjacent to an activating group) is 1. The van der Waals surface area contributed by atoms with Crippen LogP contribution in [0.2, 0.25) is 0 Å². The number of hydrogen-bond donors (Lipinski definition) is 0. The molecule has 8 heteroatoms. The summed E-state index contributed by atoms with van der Waals surface area (Å²) in [5.41, 5.74) is 0. The number of carbonyl (C=O) groups is 1. The van der Waals surface area contributed by atoms with Gasteiger partial charge in [-0.1, -0.05) is 0 Å². The molecule has 122 valence electrons. The molecule has 0 fully saturated rings. The number of hydrogen-bond acceptors (Lipinski definition) is 6. The fraction of sp³-hybridized carbons (Fsp3) is 0.267. The van der Waals surface area contributed by atoms with E-state index >= 15 is 0 Å². The molecule has 0 aliphatic heterocycles. The maximum absolute atomic E-state index is 12.0. The zero-order valence-corrected chi connectivity index (χ0v) is 12.7. The van der Waals surface area contributed by atoms with Crippen LogP contribution in [0.15, 0.2) is 40.8 Å². The van der Waals surface area contributed by atoms with E-state index in [9.17, 15) is 14.9 Å². The molecule has 0 atom stereocenters. The molecule has 0 saturated carbocycles. The van der Waals surface area contributed by atoms with Crippen LogP contribution in [0.4, 0.5) is 5.88 Å². The van der Waals surface area contributed by atoms with Gasteiger partial charge in [0.05, 0.1) is 19.7 Å². The largest absolute Gasteiger partial charge is 0.497 e. The number of benzene rings is 1. The van der Waals surface area contributed by atoms with Crippen LogP contribution in [0, 0.1) is 10.1 Å². The molecular formula is C15H16N2O6. The number of nitro groups is 1. The van der Waals surface area contributed by atoms with Gasteiger partial charge in [-0.25, -0.2) is 0 Å². The van der Waals surface area contributed by atoms with Crippen LogP contribution >= 0.6 is 0 Å². The predicted molar refractivity (Wildman–Crippen MR) is 80.8 cm³/mol. The van der Waals surface area contributed by atoms with Crippen LogP contribution in [0.3, 0.4) is 0 Å². The van der Waals surface area contributed by atoms with Gasteiger partial charge in [-0.15, -0.1) is 0 Å². The van der Waals surface area contributed by atoms with Gasteiger partial charge in [-0.05, 0) is 30.3 Å². The van der Waals surface area contributed by atoms with Gasteiger partial charge in [0.1, 0.15) is 23.0 Å². The monoisotopic (exact) mass is 320 g/mol. The Labute approximate surface area is 132 Å². The SMILES string of the molecule is COc1ccc(OCCN(C)C(=O)c2ccc([N+](=O)[O-])o2)cc1. The lowest BCUT2D eigenvalue weighted by Crippen LogP contribution is -2.30. The summed E-state index contributed by atoms with van der Waals surface area (Å²) >= 11 is 0. The van der Waals surface area contributed by atoms with E-state index in [1.54, 1.807) is 38.4 Å². The first-order valence-corrected chi connectivity index (χ1v) is 6.78. The molecule has 2 rings (SSSR count). The molecule has 1 amide bonds. The highest BCUT2D eigenvalue weighted by molar-refractivity contribution is 5.91. The lowest BCUT2D eigenvalue weighted by atomic mass is 10.3. The van der Waals surface area contributed by atoms with Gasteiger partial charge < -0.3 is 18.8 Å². The lowest BCUT2D eigenvalue weighted by Gasteiger charge is -2.16. The maximum Gasteiger partial charge on any atom is 0.433 e. The number of amides is 1. The fourth-order valence-corrected chi connectivity index (χ4v) is 1.80. The molecule has 0 bridgehead atoms.